The van der Waals surface area contributed by atoms with Gasteiger partial charge in [0, 0.05) is 6.21 Å². The normalized spacial score (nSPS) is 18.6. The molecule has 0 unspecified atom stereocenters. The van der Waals surface area contributed by atoms with E-state index in [0.29, 0.717) is 0 Å². The summed E-state index contributed by atoms with van der Waals surface area (Å²) in [6, 6.07) is 0. The molecule has 2 nitrogen and oxygen atoms in total. The van der Waals surface area contributed by atoms with Crippen molar-refractivity contribution in [3.05, 3.63) is 11.6 Å². The smallest absolute Gasteiger partial charge is 0.0436 e. The molecule has 1 aliphatic carbocycles. The first-order valence-corrected chi connectivity index (χ1v) is 5.27. The quantitative estimate of drug-likeness (QED) is 0.232. The second-order valence-electron chi connectivity index (χ2n) is 3.65. The molecule has 0 fully saturated rings. The summed E-state index contributed by atoms with van der Waals surface area (Å²) in [6.45, 7) is 0. The maximum absolute atomic E-state index is 8.20. The van der Waals surface area contributed by atoms with E-state index in [-0.39, 0.29) is 0 Å². The number of nitrogens with zero attached hydrogens (tertiary/aromatic N) is 1. The van der Waals surface area contributed by atoms with Gasteiger partial charge in [-0.05, 0) is 44.9 Å². The van der Waals surface area contributed by atoms with E-state index in [1.807, 2.05) is 0 Å². The average molecular weight is 181 g/mol. The van der Waals surface area contributed by atoms with Gasteiger partial charge in [-0.3, -0.25) is 0 Å². The van der Waals surface area contributed by atoms with Crippen molar-refractivity contribution >= 4 is 6.21 Å². The molecular weight excluding hydrogens is 162 g/mol. The predicted molar refractivity (Wildman–Crippen MR) is 55.3 cm³/mol. The van der Waals surface area contributed by atoms with Crippen LogP contribution < -0.4 is 0 Å². The molecule has 0 aromatic rings. The fourth-order valence-electron chi connectivity index (χ4n) is 1.79. The molecule has 0 aromatic heterocycles. The summed E-state index contributed by atoms with van der Waals surface area (Å²) in [6.07, 6.45) is 13.9. The molecule has 2 heteroatoms. The molecule has 74 valence electrons. The summed E-state index contributed by atoms with van der Waals surface area (Å²) < 4.78 is 0. The highest BCUT2D eigenvalue weighted by molar-refractivity contribution is 5.55. The van der Waals surface area contributed by atoms with E-state index < -0.39 is 0 Å². The molecule has 0 bridgehead atoms. The lowest BCUT2D eigenvalue weighted by molar-refractivity contribution is 0.320. The summed E-state index contributed by atoms with van der Waals surface area (Å²) in [5, 5.41) is 11.2. The first-order chi connectivity index (χ1) is 6.43. The van der Waals surface area contributed by atoms with Gasteiger partial charge in [0.15, 0.2) is 0 Å². The van der Waals surface area contributed by atoms with Crippen LogP contribution >= 0.6 is 0 Å². The molecule has 1 aliphatic rings. The summed E-state index contributed by atoms with van der Waals surface area (Å²) >= 11 is 0. The highest BCUT2D eigenvalue weighted by atomic mass is 16.4. The van der Waals surface area contributed by atoms with Crippen molar-refractivity contribution in [3.8, 4) is 0 Å². The zero-order valence-electron chi connectivity index (χ0n) is 8.21. The molecule has 0 aromatic carbocycles. The first-order valence-electron chi connectivity index (χ1n) is 5.27. The van der Waals surface area contributed by atoms with Gasteiger partial charge in [-0.2, -0.15) is 0 Å². The number of oxime groups is 1. The summed E-state index contributed by atoms with van der Waals surface area (Å²) in [5.74, 6) is 0. The van der Waals surface area contributed by atoms with E-state index >= 15 is 0 Å². The van der Waals surface area contributed by atoms with Crippen molar-refractivity contribution in [1.29, 1.82) is 0 Å². The van der Waals surface area contributed by atoms with Gasteiger partial charge in [0.25, 0.3) is 0 Å². The third-order valence-electron chi connectivity index (χ3n) is 2.55. The van der Waals surface area contributed by atoms with Crippen LogP contribution in [0.3, 0.4) is 0 Å². The minimum absolute atomic E-state index is 0.897. The molecule has 1 rings (SSSR count). The number of hydrogen-bond donors (Lipinski definition) is 1. The Morgan fingerprint density at radius 1 is 1.38 bits per heavy atom. The molecule has 13 heavy (non-hydrogen) atoms. The van der Waals surface area contributed by atoms with E-state index in [0.717, 1.165) is 12.8 Å². The number of unbranched alkanes of at least 4 members (excludes halogenated alkanes) is 1. The SMILES string of the molecule is O/N=C/CCCC1=CCCCCC1. The van der Waals surface area contributed by atoms with Crippen LogP contribution in [0.1, 0.15) is 51.4 Å². The van der Waals surface area contributed by atoms with Crippen molar-refractivity contribution < 1.29 is 5.21 Å². The van der Waals surface area contributed by atoms with Gasteiger partial charge >= 0.3 is 0 Å². The van der Waals surface area contributed by atoms with E-state index in [1.54, 1.807) is 11.8 Å². The van der Waals surface area contributed by atoms with Crippen molar-refractivity contribution in [3.63, 3.8) is 0 Å². The average Bonchev–Trinajstić information content (AvgIpc) is 2.41. The van der Waals surface area contributed by atoms with Crippen molar-refractivity contribution in [2.75, 3.05) is 0 Å². The highest BCUT2D eigenvalue weighted by Crippen LogP contribution is 2.20. The molecule has 0 amide bonds. The molecule has 1 N–H and O–H groups in total. The molecule has 0 spiro atoms. The summed E-state index contributed by atoms with van der Waals surface area (Å²) in [4.78, 5) is 0. The fourth-order valence-corrected chi connectivity index (χ4v) is 1.79. The maximum atomic E-state index is 8.20. The Kier molecular flexibility index (Phi) is 5.30. The zero-order valence-corrected chi connectivity index (χ0v) is 8.21. The summed E-state index contributed by atoms with van der Waals surface area (Å²) in [5.41, 5.74) is 1.61. The Balaban J connectivity index is 2.15. The van der Waals surface area contributed by atoms with Crippen LogP contribution in [-0.2, 0) is 0 Å². The number of rotatable bonds is 4. The second kappa shape index (κ2) is 6.70. The van der Waals surface area contributed by atoms with Crippen LogP contribution in [0.15, 0.2) is 16.8 Å². The van der Waals surface area contributed by atoms with Crippen molar-refractivity contribution in [1.82, 2.24) is 0 Å². The zero-order chi connectivity index (χ0) is 9.36. The molecule has 0 saturated carbocycles. The highest BCUT2D eigenvalue weighted by Gasteiger charge is 2.01. The molecule has 0 heterocycles. The van der Waals surface area contributed by atoms with Gasteiger partial charge in [-0.25, -0.2) is 0 Å². The third-order valence-corrected chi connectivity index (χ3v) is 2.55. The predicted octanol–water partition coefficient (Wildman–Crippen LogP) is 3.51. The van der Waals surface area contributed by atoms with E-state index in [1.165, 1.54) is 38.5 Å². The molecular formula is C11H19NO. The standard InChI is InChI=1S/C11H19NO/c13-12-10-6-5-9-11-7-3-1-2-4-8-11/h7,10,13H,1-6,8-9H2/b12-10+. The Hall–Kier alpha value is -0.790. The number of allylic oxidation sites excluding steroid dienone is 2. The van der Waals surface area contributed by atoms with Crippen LogP contribution in [-0.4, -0.2) is 11.4 Å². The molecule has 0 saturated heterocycles. The van der Waals surface area contributed by atoms with Crippen LogP contribution in [0.2, 0.25) is 0 Å². The second-order valence-corrected chi connectivity index (χ2v) is 3.65. The van der Waals surface area contributed by atoms with Crippen LogP contribution in [0.25, 0.3) is 0 Å². The van der Waals surface area contributed by atoms with Gasteiger partial charge in [-0.15, -0.1) is 5.16 Å². The monoisotopic (exact) mass is 181 g/mol. The van der Waals surface area contributed by atoms with Gasteiger partial charge < -0.3 is 5.21 Å². The van der Waals surface area contributed by atoms with Crippen molar-refractivity contribution in [2.24, 2.45) is 5.16 Å². The van der Waals surface area contributed by atoms with Crippen LogP contribution in [0.4, 0.5) is 0 Å². The van der Waals surface area contributed by atoms with E-state index in [2.05, 4.69) is 11.2 Å². The molecule has 0 atom stereocenters. The number of hydrogen-bond acceptors (Lipinski definition) is 2. The van der Waals surface area contributed by atoms with Gasteiger partial charge in [0.05, 0.1) is 0 Å². The largest absolute Gasteiger partial charge is 0.411 e. The lowest BCUT2D eigenvalue weighted by atomic mass is 10.0. The lowest BCUT2D eigenvalue weighted by Crippen LogP contribution is -1.84. The first kappa shape index (κ1) is 10.3. The van der Waals surface area contributed by atoms with E-state index in [4.69, 9.17) is 5.21 Å². The van der Waals surface area contributed by atoms with Gasteiger partial charge in [0.2, 0.25) is 0 Å². The minimum Gasteiger partial charge on any atom is -0.411 e. The van der Waals surface area contributed by atoms with Gasteiger partial charge in [0.1, 0.15) is 0 Å². The van der Waals surface area contributed by atoms with Crippen LogP contribution in [0.5, 0.6) is 0 Å². The Labute approximate surface area is 80.3 Å². The Morgan fingerprint density at radius 2 is 2.31 bits per heavy atom. The van der Waals surface area contributed by atoms with Crippen LogP contribution in [0, 0.1) is 0 Å². The van der Waals surface area contributed by atoms with Gasteiger partial charge in [-0.1, -0.05) is 18.1 Å². The molecule has 0 aliphatic heterocycles. The minimum atomic E-state index is 0.897. The summed E-state index contributed by atoms with van der Waals surface area (Å²) in [7, 11) is 0. The topological polar surface area (TPSA) is 32.6 Å². The fraction of sp³-hybridized carbons (Fsp3) is 0.727. The van der Waals surface area contributed by atoms with E-state index in [9.17, 15) is 0 Å². The molecule has 0 radical (unpaired) electrons. The Bertz CT molecular complexity index is 185. The third kappa shape index (κ3) is 4.71. The van der Waals surface area contributed by atoms with Crippen molar-refractivity contribution in [2.45, 2.75) is 51.4 Å². The maximum Gasteiger partial charge on any atom is 0.0436 e. The Morgan fingerprint density at radius 3 is 3.15 bits per heavy atom. The lowest BCUT2D eigenvalue weighted by Gasteiger charge is -2.02.